The van der Waals surface area contributed by atoms with Gasteiger partial charge in [0.05, 0.1) is 21.7 Å². The average molecular weight is 367 g/mol. The van der Waals surface area contributed by atoms with Crippen LogP contribution >= 0.6 is 34.8 Å². The SMILES string of the molecule is CCOC(=O)/C=C(/C)NC(=O)OCc1cc(Cl)c(Cl)c(Cl)c1. The molecule has 5 nitrogen and oxygen atoms in total. The molecule has 0 unspecified atom stereocenters. The number of esters is 1. The summed E-state index contributed by atoms with van der Waals surface area (Å²) in [6.07, 6.45) is 0.432. The first-order valence-corrected chi connectivity index (χ1v) is 7.39. The predicted octanol–water partition coefficient (Wildman–Crippen LogP) is 4.34. The van der Waals surface area contributed by atoms with Crippen molar-refractivity contribution in [2.24, 2.45) is 0 Å². The van der Waals surface area contributed by atoms with Gasteiger partial charge in [0.2, 0.25) is 0 Å². The average Bonchev–Trinajstić information content (AvgIpc) is 2.42. The summed E-state index contributed by atoms with van der Waals surface area (Å²) in [6, 6.07) is 3.09. The molecule has 1 N–H and O–H groups in total. The smallest absolute Gasteiger partial charge is 0.411 e. The molecule has 1 amide bonds. The van der Waals surface area contributed by atoms with Crippen LogP contribution in [0.1, 0.15) is 19.4 Å². The zero-order chi connectivity index (χ0) is 16.7. The Morgan fingerprint density at radius 2 is 1.77 bits per heavy atom. The summed E-state index contributed by atoms with van der Waals surface area (Å²) in [5.74, 6) is -0.545. The Labute approximate surface area is 143 Å². The Morgan fingerprint density at radius 1 is 1.18 bits per heavy atom. The number of nitrogens with one attached hydrogen (secondary N) is 1. The van der Waals surface area contributed by atoms with Crippen molar-refractivity contribution in [1.82, 2.24) is 5.32 Å². The highest BCUT2D eigenvalue weighted by molar-refractivity contribution is 6.48. The zero-order valence-corrected chi connectivity index (χ0v) is 14.2. The van der Waals surface area contributed by atoms with Crippen molar-refractivity contribution in [3.05, 3.63) is 44.5 Å². The van der Waals surface area contributed by atoms with E-state index in [2.05, 4.69) is 5.32 Å². The first kappa shape index (κ1) is 18.6. The highest BCUT2D eigenvalue weighted by atomic mass is 35.5. The van der Waals surface area contributed by atoms with Crippen molar-refractivity contribution in [3.63, 3.8) is 0 Å². The van der Waals surface area contributed by atoms with Gasteiger partial charge in [-0.1, -0.05) is 34.8 Å². The third-order valence-corrected chi connectivity index (χ3v) is 3.53. The molecule has 0 saturated heterocycles. The minimum absolute atomic E-state index is 0.0465. The third kappa shape index (κ3) is 6.13. The van der Waals surface area contributed by atoms with Gasteiger partial charge in [0, 0.05) is 11.8 Å². The van der Waals surface area contributed by atoms with Crippen molar-refractivity contribution >= 4 is 46.9 Å². The van der Waals surface area contributed by atoms with Crippen LogP contribution in [0.15, 0.2) is 23.9 Å². The van der Waals surface area contributed by atoms with Crippen LogP contribution in [-0.2, 0) is 20.9 Å². The van der Waals surface area contributed by atoms with Gasteiger partial charge < -0.3 is 9.47 Å². The van der Waals surface area contributed by atoms with Gasteiger partial charge in [-0.15, -0.1) is 0 Å². The number of ether oxygens (including phenoxy) is 2. The molecule has 0 bridgehead atoms. The fourth-order valence-electron chi connectivity index (χ4n) is 1.43. The van der Waals surface area contributed by atoms with E-state index in [9.17, 15) is 9.59 Å². The summed E-state index contributed by atoms with van der Waals surface area (Å²) in [5, 5.41) is 3.17. The molecule has 1 aromatic carbocycles. The molecule has 0 fully saturated rings. The Kier molecular flexibility index (Phi) is 7.51. The van der Waals surface area contributed by atoms with E-state index in [4.69, 9.17) is 44.3 Å². The van der Waals surface area contributed by atoms with Crippen molar-refractivity contribution in [3.8, 4) is 0 Å². The molecular weight excluding hydrogens is 353 g/mol. The number of carbonyl (C=O) groups excluding carboxylic acids is 2. The number of allylic oxidation sites excluding steroid dienone is 1. The Balaban J connectivity index is 2.55. The summed E-state index contributed by atoms with van der Waals surface area (Å²) in [7, 11) is 0. The number of benzene rings is 1. The van der Waals surface area contributed by atoms with Gasteiger partial charge in [-0.25, -0.2) is 9.59 Å². The number of alkyl carbamates (subject to hydrolysis) is 1. The molecule has 0 heterocycles. The molecule has 0 aliphatic heterocycles. The van der Waals surface area contributed by atoms with Crippen LogP contribution in [0.2, 0.25) is 15.1 Å². The maximum Gasteiger partial charge on any atom is 0.411 e. The third-order valence-electron chi connectivity index (χ3n) is 2.33. The fourth-order valence-corrected chi connectivity index (χ4v) is 2.08. The minimum Gasteiger partial charge on any atom is -0.463 e. The first-order chi connectivity index (χ1) is 10.3. The number of carbonyl (C=O) groups is 2. The molecule has 0 saturated carbocycles. The normalized spacial score (nSPS) is 11.0. The number of amides is 1. The number of rotatable bonds is 5. The van der Waals surface area contributed by atoms with Crippen LogP contribution in [0.4, 0.5) is 4.79 Å². The summed E-state index contributed by atoms with van der Waals surface area (Å²) >= 11 is 17.6. The van der Waals surface area contributed by atoms with Crippen LogP contribution in [0.25, 0.3) is 0 Å². The maximum absolute atomic E-state index is 11.6. The van der Waals surface area contributed by atoms with Gasteiger partial charge in [0.25, 0.3) is 0 Å². The molecule has 8 heteroatoms. The molecule has 1 aromatic rings. The summed E-state index contributed by atoms with van der Waals surface area (Å²) in [5.41, 5.74) is 0.886. The topological polar surface area (TPSA) is 64.6 Å². The maximum atomic E-state index is 11.6. The van der Waals surface area contributed by atoms with E-state index in [1.54, 1.807) is 19.1 Å². The van der Waals surface area contributed by atoms with E-state index in [0.717, 1.165) is 6.08 Å². The molecule has 0 atom stereocenters. The van der Waals surface area contributed by atoms with E-state index in [0.29, 0.717) is 11.3 Å². The predicted molar refractivity (Wildman–Crippen MR) is 85.2 cm³/mol. The van der Waals surface area contributed by atoms with Gasteiger partial charge in [-0.05, 0) is 31.5 Å². The van der Waals surface area contributed by atoms with Crippen molar-refractivity contribution in [2.45, 2.75) is 20.5 Å². The van der Waals surface area contributed by atoms with E-state index in [1.165, 1.54) is 6.92 Å². The highest BCUT2D eigenvalue weighted by Gasteiger charge is 2.09. The lowest BCUT2D eigenvalue weighted by Gasteiger charge is -2.08. The number of hydrogen-bond donors (Lipinski definition) is 1. The Bertz CT molecular complexity index is 579. The molecule has 1 rings (SSSR count). The number of halogens is 3. The monoisotopic (exact) mass is 365 g/mol. The second-order valence-electron chi connectivity index (χ2n) is 4.15. The molecule has 22 heavy (non-hydrogen) atoms. The number of hydrogen-bond acceptors (Lipinski definition) is 4. The second kappa shape index (κ2) is 8.88. The molecular formula is C14H14Cl3NO4. The second-order valence-corrected chi connectivity index (χ2v) is 5.35. The first-order valence-electron chi connectivity index (χ1n) is 6.25. The van der Waals surface area contributed by atoms with Gasteiger partial charge in [0.1, 0.15) is 6.61 Å². The molecule has 120 valence electrons. The van der Waals surface area contributed by atoms with Crippen LogP contribution in [0.3, 0.4) is 0 Å². The lowest BCUT2D eigenvalue weighted by atomic mass is 10.2. The quantitative estimate of drug-likeness (QED) is 0.478. The van der Waals surface area contributed by atoms with Crippen molar-refractivity contribution in [2.75, 3.05) is 6.61 Å². The summed E-state index contributed by atoms with van der Waals surface area (Å²) < 4.78 is 9.70. The molecule has 0 radical (unpaired) electrons. The van der Waals surface area contributed by atoms with Gasteiger partial charge in [0.15, 0.2) is 0 Å². The highest BCUT2D eigenvalue weighted by Crippen LogP contribution is 2.31. The van der Waals surface area contributed by atoms with Gasteiger partial charge in [-0.3, -0.25) is 5.32 Å². The van der Waals surface area contributed by atoms with Crippen LogP contribution in [0, 0.1) is 0 Å². The molecule has 0 aliphatic carbocycles. The van der Waals surface area contributed by atoms with E-state index >= 15 is 0 Å². The van der Waals surface area contributed by atoms with Crippen LogP contribution < -0.4 is 5.32 Å². The van der Waals surface area contributed by atoms with E-state index < -0.39 is 12.1 Å². The lowest BCUT2D eigenvalue weighted by Crippen LogP contribution is -2.23. The van der Waals surface area contributed by atoms with Gasteiger partial charge in [-0.2, -0.15) is 0 Å². The molecule has 0 aliphatic rings. The lowest BCUT2D eigenvalue weighted by molar-refractivity contribution is -0.137. The summed E-state index contributed by atoms with van der Waals surface area (Å²) in [4.78, 5) is 22.8. The van der Waals surface area contributed by atoms with Gasteiger partial charge >= 0.3 is 12.1 Å². The van der Waals surface area contributed by atoms with E-state index in [1.807, 2.05) is 0 Å². The van der Waals surface area contributed by atoms with Crippen LogP contribution in [-0.4, -0.2) is 18.7 Å². The van der Waals surface area contributed by atoms with Crippen molar-refractivity contribution in [1.29, 1.82) is 0 Å². The van der Waals surface area contributed by atoms with Crippen molar-refractivity contribution < 1.29 is 19.1 Å². The Hall–Kier alpha value is -1.43. The van der Waals surface area contributed by atoms with Crippen LogP contribution in [0.5, 0.6) is 0 Å². The standard InChI is InChI=1S/C14H14Cl3NO4/c1-3-21-12(19)4-8(2)18-14(20)22-7-9-5-10(15)13(17)11(16)6-9/h4-6H,3,7H2,1-2H3,(H,18,20)/b8-4-. The zero-order valence-electron chi connectivity index (χ0n) is 11.9. The largest absolute Gasteiger partial charge is 0.463 e. The molecule has 0 spiro atoms. The van der Waals surface area contributed by atoms with E-state index in [-0.39, 0.29) is 28.3 Å². The summed E-state index contributed by atoms with van der Waals surface area (Å²) in [6.45, 7) is 3.43. The Morgan fingerprint density at radius 3 is 2.32 bits per heavy atom. The minimum atomic E-state index is -0.722. The fraction of sp³-hybridized carbons (Fsp3) is 0.286. The molecule has 0 aromatic heterocycles.